The standard InChI is InChI=1S/C15H22FNO2/c1-15(18,13-2-4-14(16)5-3-13)11-17-10-12-6-8-19-9-7-12/h2-5,12,17-18H,6-11H2,1H3. The molecule has 1 heterocycles. The number of nitrogens with one attached hydrogen (secondary N) is 1. The molecule has 0 spiro atoms. The lowest BCUT2D eigenvalue weighted by molar-refractivity contribution is 0.0464. The highest BCUT2D eigenvalue weighted by atomic mass is 19.1. The summed E-state index contributed by atoms with van der Waals surface area (Å²) in [5.41, 5.74) is -0.243. The third-order valence-corrected chi connectivity index (χ3v) is 3.71. The van der Waals surface area contributed by atoms with E-state index < -0.39 is 5.60 Å². The molecule has 0 radical (unpaired) electrons. The molecule has 0 aromatic heterocycles. The second-order valence-corrected chi connectivity index (χ2v) is 5.47. The van der Waals surface area contributed by atoms with Crippen LogP contribution in [0.5, 0.6) is 0 Å². The van der Waals surface area contributed by atoms with Gasteiger partial charge < -0.3 is 15.2 Å². The van der Waals surface area contributed by atoms with Gasteiger partial charge in [0.2, 0.25) is 0 Å². The van der Waals surface area contributed by atoms with Crippen LogP contribution < -0.4 is 5.32 Å². The van der Waals surface area contributed by atoms with Crippen molar-refractivity contribution in [1.29, 1.82) is 0 Å². The third-order valence-electron chi connectivity index (χ3n) is 3.71. The van der Waals surface area contributed by atoms with Gasteiger partial charge >= 0.3 is 0 Å². The van der Waals surface area contributed by atoms with Crippen molar-refractivity contribution >= 4 is 0 Å². The van der Waals surface area contributed by atoms with Crippen molar-refractivity contribution in [2.24, 2.45) is 5.92 Å². The van der Waals surface area contributed by atoms with Crippen LogP contribution in [-0.2, 0) is 10.3 Å². The molecule has 4 heteroatoms. The molecule has 1 fully saturated rings. The van der Waals surface area contributed by atoms with Crippen LogP contribution in [0.25, 0.3) is 0 Å². The largest absolute Gasteiger partial charge is 0.384 e. The quantitative estimate of drug-likeness (QED) is 0.858. The Morgan fingerprint density at radius 1 is 1.32 bits per heavy atom. The molecular formula is C15H22FNO2. The van der Waals surface area contributed by atoms with Crippen molar-refractivity contribution in [3.05, 3.63) is 35.6 Å². The number of halogens is 1. The van der Waals surface area contributed by atoms with Crippen LogP contribution in [0.4, 0.5) is 4.39 Å². The van der Waals surface area contributed by atoms with Gasteiger partial charge in [0.25, 0.3) is 0 Å². The Bertz CT molecular complexity index is 386. The Morgan fingerprint density at radius 2 is 1.95 bits per heavy atom. The maximum absolute atomic E-state index is 12.9. The Morgan fingerprint density at radius 3 is 2.58 bits per heavy atom. The van der Waals surface area contributed by atoms with Gasteiger partial charge in [-0.25, -0.2) is 4.39 Å². The minimum Gasteiger partial charge on any atom is -0.384 e. The lowest BCUT2D eigenvalue weighted by Gasteiger charge is -2.27. The van der Waals surface area contributed by atoms with Gasteiger partial charge in [-0.15, -0.1) is 0 Å². The molecular weight excluding hydrogens is 245 g/mol. The number of hydrogen-bond donors (Lipinski definition) is 2. The second kappa shape index (κ2) is 6.46. The van der Waals surface area contributed by atoms with Crippen molar-refractivity contribution in [2.75, 3.05) is 26.3 Å². The van der Waals surface area contributed by atoms with E-state index >= 15 is 0 Å². The minimum absolute atomic E-state index is 0.283. The monoisotopic (exact) mass is 267 g/mol. The predicted molar refractivity (Wildman–Crippen MR) is 72.4 cm³/mol. The Kier molecular flexibility index (Phi) is 4.91. The third kappa shape index (κ3) is 4.27. The Hall–Kier alpha value is -0.970. The van der Waals surface area contributed by atoms with Gasteiger partial charge in [0.1, 0.15) is 5.82 Å². The van der Waals surface area contributed by atoms with Crippen LogP contribution >= 0.6 is 0 Å². The molecule has 2 N–H and O–H groups in total. The zero-order valence-electron chi connectivity index (χ0n) is 11.4. The normalized spacial score (nSPS) is 20.2. The maximum atomic E-state index is 12.9. The van der Waals surface area contributed by atoms with E-state index in [0.717, 1.165) is 38.2 Å². The number of hydrogen-bond acceptors (Lipinski definition) is 3. The smallest absolute Gasteiger partial charge is 0.123 e. The van der Waals surface area contributed by atoms with Crippen molar-refractivity contribution in [1.82, 2.24) is 5.32 Å². The van der Waals surface area contributed by atoms with Crippen LogP contribution in [0, 0.1) is 11.7 Å². The van der Waals surface area contributed by atoms with E-state index in [1.807, 2.05) is 0 Å². The summed E-state index contributed by atoms with van der Waals surface area (Å²) in [7, 11) is 0. The lowest BCUT2D eigenvalue weighted by Crippen LogP contribution is -2.38. The fourth-order valence-electron chi connectivity index (χ4n) is 2.38. The molecule has 1 aromatic rings. The molecule has 0 saturated carbocycles. The van der Waals surface area contributed by atoms with Gasteiger partial charge in [0.05, 0.1) is 5.60 Å². The first kappa shape index (κ1) is 14.4. The van der Waals surface area contributed by atoms with E-state index in [9.17, 15) is 9.50 Å². The predicted octanol–water partition coefficient (Wildman–Crippen LogP) is 2.05. The molecule has 1 aliphatic rings. The highest BCUT2D eigenvalue weighted by Gasteiger charge is 2.23. The maximum Gasteiger partial charge on any atom is 0.123 e. The zero-order chi connectivity index (χ0) is 13.7. The summed E-state index contributed by atoms with van der Waals surface area (Å²) in [6.45, 7) is 4.77. The van der Waals surface area contributed by atoms with Crippen LogP contribution in [0.2, 0.25) is 0 Å². The summed E-state index contributed by atoms with van der Waals surface area (Å²) in [6, 6.07) is 6.02. The zero-order valence-corrected chi connectivity index (χ0v) is 11.4. The highest BCUT2D eigenvalue weighted by Crippen LogP contribution is 2.20. The molecule has 1 atom stereocenters. The molecule has 3 nitrogen and oxygen atoms in total. The fourth-order valence-corrected chi connectivity index (χ4v) is 2.38. The van der Waals surface area contributed by atoms with Gasteiger partial charge in [-0.05, 0) is 49.9 Å². The van der Waals surface area contributed by atoms with E-state index in [-0.39, 0.29) is 5.82 Å². The van der Waals surface area contributed by atoms with Crippen LogP contribution in [0.3, 0.4) is 0 Å². The molecule has 0 amide bonds. The van der Waals surface area contributed by atoms with E-state index in [1.54, 1.807) is 19.1 Å². The fraction of sp³-hybridized carbons (Fsp3) is 0.600. The lowest BCUT2D eigenvalue weighted by atomic mass is 9.95. The van der Waals surface area contributed by atoms with Gasteiger partial charge in [-0.1, -0.05) is 12.1 Å². The summed E-state index contributed by atoms with van der Waals surface area (Å²) in [5, 5.41) is 13.7. The van der Waals surface area contributed by atoms with Gasteiger partial charge in [0.15, 0.2) is 0 Å². The topological polar surface area (TPSA) is 41.5 Å². The van der Waals surface area contributed by atoms with Gasteiger partial charge in [0, 0.05) is 19.8 Å². The molecule has 0 aliphatic carbocycles. The van der Waals surface area contributed by atoms with E-state index in [1.165, 1.54) is 12.1 Å². The van der Waals surface area contributed by atoms with E-state index in [4.69, 9.17) is 4.74 Å². The van der Waals surface area contributed by atoms with Crippen LogP contribution in [-0.4, -0.2) is 31.4 Å². The first-order valence-corrected chi connectivity index (χ1v) is 6.85. The summed E-state index contributed by atoms with van der Waals surface area (Å²) in [6.07, 6.45) is 2.15. The van der Waals surface area contributed by atoms with Crippen molar-refractivity contribution < 1.29 is 14.2 Å². The summed E-state index contributed by atoms with van der Waals surface area (Å²) >= 11 is 0. The number of aliphatic hydroxyl groups is 1. The first-order chi connectivity index (χ1) is 9.08. The minimum atomic E-state index is -0.973. The summed E-state index contributed by atoms with van der Waals surface area (Å²) in [4.78, 5) is 0. The van der Waals surface area contributed by atoms with Gasteiger partial charge in [-0.2, -0.15) is 0 Å². The molecule has 1 unspecified atom stereocenters. The van der Waals surface area contributed by atoms with Crippen LogP contribution in [0.15, 0.2) is 24.3 Å². The molecule has 1 aliphatic heterocycles. The molecule has 1 aromatic carbocycles. The van der Waals surface area contributed by atoms with Crippen LogP contribution in [0.1, 0.15) is 25.3 Å². The average Bonchev–Trinajstić information content (AvgIpc) is 2.40. The van der Waals surface area contributed by atoms with Crippen molar-refractivity contribution in [3.8, 4) is 0 Å². The van der Waals surface area contributed by atoms with E-state index in [2.05, 4.69) is 5.32 Å². The molecule has 2 rings (SSSR count). The second-order valence-electron chi connectivity index (χ2n) is 5.47. The summed E-state index contributed by atoms with van der Waals surface area (Å²) < 4.78 is 18.2. The Balaban J connectivity index is 1.81. The highest BCUT2D eigenvalue weighted by molar-refractivity contribution is 5.22. The Labute approximate surface area is 113 Å². The molecule has 19 heavy (non-hydrogen) atoms. The summed E-state index contributed by atoms with van der Waals surface area (Å²) in [5.74, 6) is 0.340. The van der Waals surface area contributed by atoms with E-state index in [0.29, 0.717) is 12.5 Å². The number of ether oxygens (including phenoxy) is 1. The van der Waals surface area contributed by atoms with Gasteiger partial charge in [-0.3, -0.25) is 0 Å². The molecule has 106 valence electrons. The van der Waals surface area contributed by atoms with Crippen molar-refractivity contribution in [3.63, 3.8) is 0 Å². The van der Waals surface area contributed by atoms with Crippen molar-refractivity contribution in [2.45, 2.75) is 25.4 Å². The SMILES string of the molecule is CC(O)(CNCC1CCOCC1)c1ccc(F)cc1. The number of rotatable bonds is 5. The average molecular weight is 267 g/mol. The molecule has 1 saturated heterocycles. The molecule has 0 bridgehead atoms. The first-order valence-electron chi connectivity index (χ1n) is 6.85. The number of benzene rings is 1.